The van der Waals surface area contributed by atoms with E-state index in [9.17, 15) is 13.5 Å². The highest BCUT2D eigenvalue weighted by atomic mass is 32.2. The summed E-state index contributed by atoms with van der Waals surface area (Å²) in [5.41, 5.74) is 0.00572. The van der Waals surface area contributed by atoms with Gasteiger partial charge >= 0.3 is 0 Å². The third-order valence-corrected chi connectivity index (χ3v) is 6.44. The Morgan fingerprint density at radius 3 is 2.74 bits per heavy atom. The van der Waals surface area contributed by atoms with Gasteiger partial charge in [-0.05, 0) is 31.7 Å². The minimum atomic E-state index is -2.83. The molecule has 2 aliphatic rings. The molecule has 1 N–H and O–H groups in total. The van der Waals surface area contributed by atoms with Crippen molar-refractivity contribution in [3.8, 4) is 0 Å². The monoisotopic (exact) mass is 289 g/mol. The van der Waals surface area contributed by atoms with E-state index in [-0.39, 0.29) is 17.8 Å². The summed E-state index contributed by atoms with van der Waals surface area (Å²) in [6.45, 7) is 4.86. The van der Waals surface area contributed by atoms with Gasteiger partial charge in [-0.3, -0.25) is 0 Å². The molecule has 112 valence electrons. The van der Waals surface area contributed by atoms with Crippen LogP contribution in [0.1, 0.15) is 39.0 Å². The molecule has 0 aromatic rings. The Kier molecular flexibility index (Phi) is 4.90. The molecule has 0 spiro atoms. The highest BCUT2D eigenvalue weighted by Gasteiger charge is 2.36. The van der Waals surface area contributed by atoms with Crippen molar-refractivity contribution in [3.63, 3.8) is 0 Å². The standard InChI is InChI=1S/C14H27NO3S/c1-13-4-2-5-14(10-13,12-16)11-15-6-3-8-19(17,18)9-7-15/h13,16H,2-12H2,1H3. The van der Waals surface area contributed by atoms with E-state index in [0.717, 1.165) is 32.4 Å². The van der Waals surface area contributed by atoms with Gasteiger partial charge in [-0.25, -0.2) is 8.42 Å². The van der Waals surface area contributed by atoms with Gasteiger partial charge in [-0.1, -0.05) is 19.8 Å². The van der Waals surface area contributed by atoms with Crippen LogP contribution in [0, 0.1) is 11.3 Å². The van der Waals surface area contributed by atoms with E-state index < -0.39 is 9.84 Å². The van der Waals surface area contributed by atoms with Gasteiger partial charge in [-0.2, -0.15) is 0 Å². The summed E-state index contributed by atoms with van der Waals surface area (Å²) in [6, 6.07) is 0. The molecule has 2 atom stereocenters. The van der Waals surface area contributed by atoms with Gasteiger partial charge in [0.05, 0.1) is 11.5 Å². The van der Waals surface area contributed by atoms with Crippen LogP contribution >= 0.6 is 0 Å². The fourth-order valence-corrected chi connectivity index (χ4v) is 5.04. The molecule has 1 saturated carbocycles. The van der Waals surface area contributed by atoms with E-state index in [1.807, 2.05) is 0 Å². The van der Waals surface area contributed by atoms with Crippen LogP contribution in [0.15, 0.2) is 0 Å². The normalized spacial score (nSPS) is 36.8. The molecule has 4 nitrogen and oxygen atoms in total. The number of hydrogen-bond donors (Lipinski definition) is 1. The highest BCUT2D eigenvalue weighted by molar-refractivity contribution is 7.91. The summed E-state index contributed by atoms with van der Waals surface area (Å²) < 4.78 is 23.3. The number of rotatable bonds is 3. The molecule has 0 aromatic heterocycles. The average Bonchev–Trinajstić information content (AvgIpc) is 2.51. The first kappa shape index (κ1) is 15.3. The Balaban J connectivity index is 1.98. The lowest BCUT2D eigenvalue weighted by Gasteiger charge is -2.42. The molecular weight excluding hydrogens is 262 g/mol. The van der Waals surface area contributed by atoms with Gasteiger partial charge in [0.25, 0.3) is 0 Å². The Morgan fingerprint density at radius 2 is 2.05 bits per heavy atom. The molecule has 0 amide bonds. The van der Waals surface area contributed by atoms with Crippen LogP contribution in [0.5, 0.6) is 0 Å². The molecule has 19 heavy (non-hydrogen) atoms. The van der Waals surface area contributed by atoms with Crippen LogP contribution in [0.25, 0.3) is 0 Å². The third kappa shape index (κ3) is 4.17. The minimum absolute atomic E-state index is 0.00572. The maximum Gasteiger partial charge on any atom is 0.151 e. The van der Waals surface area contributed by atoms with E-state index in [1.165, 1.54) is 12.8 Å². The van der Waals surface area contributed by atoms with Crippen LogP contribution in [0.4, 0.5) is 0 Å². The molecular formula is C14H27NO3S. The topological polar surface area (TPSA) is 57.6 Å². The van der Waals surface area contributed by atoms with Gasteiger partial charge < -0.3 is 10.0 Å². The van der Waals surface area contributed by atoms with Crippen molar-refractivity contribution in [2.45, 2.75) is 39.0 Å². The molecule has 1 aliphatic heterocycles. The predicted octanol–water partition coefficient (Wildman–Crippen LogP) is 1.30. The van der Waals surface area contributed by atoms with Crippen LogP contribution < -0.4 is 0 Å². The van der Waals surface area contributed by atoms with E-state index in [1.54, 1.807) is 0 Å². The highest BCUT2D eigenvalue weighted by Crippen LogP contribution is 2.39. The molecule has 1 saturated heterocycles. The van der Waals surface area contributed by atoms with Crippen molar-refractivity contribution in [2.75, 3.05) is 37.7 Å². The summed E-state index contributed by atoms with van der Waals surface area (Å²) in [5.74, 6) is 1.28. The molecule has 2 rings (SSSR count). The summed E-state index contributed by atoms with van der Waals surface area (Å²) in [4.78, 5) is 2.26. The minimum Gasteiger partial charge on any atom is -0.396 e. The fraction of sp³-hybridized carbons (Fsp3) is 1.00. The molecule has 0 radical (unpaired) electrons. The SMILES string of the molecule is CC1CCCC(CO)(CN2CCCS(=O)(=O)CC2)C1. The second-order valence-electron chi connectivity index (χ2n) is 6.64. The van der Waals surface area contributed by atoms with Crippen LogP contribution in [0.2, 0.25) is 0 Å². The van der Waals surface area contributed by atoms with Crippen molar-refractivity contribution >= 4 is 9.84 Å². The first-order valence-corrected chi connectivity index (χ1v) is 9.31. The first-order valence-electron chi connectivity index (χ1n) is 7.48. The first-order chi connectivity index (χ1) is 8.95. The molecule has 0 aromatic carbocycles. The van der Waals surface area contributed by atoms with Gasteiger partial charge in [0.2, 0.25) is 0 Å². The number of hydrogen-bond acceptors (Lipinski definition) is 4. The van der Waals surface area contributed by atoms with Crippen molar-refractivity contribution in [1.82, 2.24) is 4.90 Å². The summed E-state index contributed by atoms with van der Waals surface area (Å²) >= 11 is 0. The van der Waals surface area contributed by atoms with Crippen molar-refractivity contribution < 1.29 is 13.5 Å². The lowest BCUT2D eigenvalue weighted by molar-refractivity contribution is 0.0260. The lowest BCUT2D eigenvalue weighted by atomic mass is 9.70. The van der Waals surface area contributed by atoms with Gasteiger partial charge in [0.1, 0.15) is 0 Å². The van der Waals surface area contributed by atoms with Gasteiger partial charge in [-0.15, -0.1) is 0 Å². The molecule has 1 heterocycles. The van der Waals surface area contributed by atoms with E-state index in [2.05, 4.69) is 11.8 Å². The zero-order chi connectivity index (χ0) is 13.9. The van der Waals surface area contributed by atoms with E-state index in [0.29, 0.717) is 18.2 Å². The number of aliphatic hydroxyl groups is 1. The van der Waals surface area contributed by atoms with Crippen molar-refractivity contribution in [2.24, 2.45) is 11.3 Å². The fourth-order valence-electron chi connectivity index (χ4n) is 3.73. The zero-order valence-electron chi connectivity index (χ0n) is 12.0. The predicted molar refractivity (Wildman–Crippen MR) is 76.9 cm³/mol. The zero-order valence-corrected chi connectivity index (χ0v) is 12.8. The third-order valence-electron chi connectivity index (χ3n) is 4.73. The second kappa shape index (κ2) is 6.10. The van der Waals surface area contributed by atoms with Crippen LogP contribution in [0.3, 0.4) is 0 Å². The molecule has 2 unspecified atom stereocenters. The van der Waals surface area contributed by atoms with Crippen molar-refractivity contribution in [3.05, 3.63) is 0 Å². The number of aliphatic hydroxyl groups excluding tert-OH is 1. The largest absolute Gasteiger partial charge is 0.396 e. The second-order valence-corrected chi connectivity index (χ2v) is 8.94. The lowest BCUT2D eigenvalue weighted by Crippen LogP contribution is -2.44. The quantitative estimate of drug-likeness (QED) is 0.851. The Bertz CT molecular complexity index is 395. The summed E-state index contributed by atoms with van der Waals surface area (Å²) in [6.07, 6.45) is 5.34. The Hall–Kier alpha value is -0.130. The Morgan fingerprint density at radius 1 is 1.26 bits per heavy atom. The van der Waals surface area contributed by atoms with E-state index >= 15 is 0 Å². The summed E-state index contributed by atoms with van der Waals surface area (Å²) in [5, 5.41) is 9.82. The van der Waals surface area contributed by atoms with Crippen LogP contribution in [-0.4, -0.2) is 56.2 Å². The van der Waals surface area contributed by atoms with Crippen molar-refractivity contribution in [1.29, 1.82) is 0 Å². The Labute approximate surface area is 117 Å². The number of sulfone groups is 1. The summed E-state index contributed by atoms with van der Waals surface area (Å²) in [7, 11) is -2.83. The smallest absolute Gasteiger partial charge is 0.151 e. The molecule has 1 aliphatic carbocycles. The molecule has 2 fully saturated rings. The van der Waals surface area contributed by atoms with Gasteiger partial charge in [0, 0.05) is 25.1 Å². The number of nitrogens with zero attached hydrogens (tertiary/aromatic N) is 1. The average molecular weight is 289 g/mol. The maximum absolute atomic E-state index is 11.6. The molecule has 5 heteroatoms. The van der Waals surface area contributed by atoms with Gasteiger partial charge in [0.15, 0.2) is 9.84 Å². The maximum atomic E-state index is 11.6. The van der Waals surface area contributed by atoms with Crippen LogP contribution in [-0.2, 0) is 9.84 Å². The molecule has 0 bridgehead atoms. The van der Waals surface area contributed by atoms with E-state index in [4.69, 9.17) is 0 Å².